The Bertz CT molecular complexity index is 617. The number of carboxylic acid groups (broad SMARTS) is 1. The molecule has 1 aromatic heterocycles. The first-order valence-corrected chi connectivity index (χ1v) is 6.45. The smallest absolute Gasteiger partial charge is 0.305 e. The number of hydrogen-bond donors (Lipinski definition) is 3. The van der Waals surface area contributed by atoms with Gasteiger partial charge in [-0.05, 0) is 38.7 Å². The van der Waals surface area contributed by atoms with Crippen molar-refractivity contribution in [1.29, 1.82) is 0 Å². The minimum atomic E-state index is -0.957. The van der Waals surface area contributed by atoms with Gasteiger partial charge in [-0.25, -0.2) is 5.10 Å². The normalized spacial score (nSPS) is 16.3. The Hall–Kier alpha value is -2.18. The number of aryl methyl sites for hydroxylation is 1. The second-order valence-electron chi connectivity index (χ2n) is 5.30. The van der Waals surface area contributed by atoms with Gasteiger partial charge in [-0.2, -0.15) is 5.10 Å². The van der Waals surface area contributed by atoms with Crippen LogP contribution >= 0.6 is 0 Å². The van der Waals surface area contributed by atoms with E-state index in [1.807, 2.05) is 0 Å². The lowest BCUT2D eigenvalue weighted by atomic mass is 9.74. The molecule has 1 amide bonds. The second-order valence-corrected chi connectivity index (χ2v) is 5.30. The summed E-state index contributed by atoms with van der Waals surface area (Å²) in [7, 11) is 0. The third-order valence-corrected chi connectivity index (χ3v) is 3.88. The van der Waals surface area contributed by atoms with Gasteiger partial charge in [0.2, 0.25) is 0 Å². The number of aromatic nitrogens is 2. The fourth-order valence-electron chi connectivity index (χ4n) is 2.44. The second kappa shape index (κ2) is 5.07. The summed E-state index contributed by atoms with van der Waals surface area (Å²) in [6.45, 7) is 3.34. The minimum Gasteiger partial charge on any atom is -0.481 e. The van der Waals surface area contributed by atoms with Crippen LogP contribution in [0.25, 0.3) is 0 Å². The molecule has 20 heavy (non-hydrogen) atoms. The van der Waals surface area contributed by atoms with E-state index < -0.39 is 23.0 Å². The molecule has 0 bridgehead atoms. The van der Waals surface area contributed by atoms with E-state index in [4.69, 9.17) is 5.11 Å². The summed E-state index contributed by atoms with van der Waals surface area (Å²) < 4.78 is 0. The molecule has 0 aliphatic heterocycles. The van der Waals surface area contributed by atoms with Crippen molar-refractivity contribution >= 4 is 11.9 Å². The fourth-order valence-corrected chi connectivity index (χ4v) is 2.44. The van der Waals surface area contributed by atoms with Gasteiger partial charge in [0.1, 0.15) is 5.56 Å². The molecule has 108 valence electrons. The first-order valence-electron chi connectivity index (χ1n) is 6.45. The van der Waals surface area contributed by atoms with E-state index >= 15 is 0 Å². The molecule has 0 aromatic carbocycles. The van der Waals surface area contributed by atoms with E-state index in [-0.39, 0.29) is 12.0 Å². The van der Waals surface area contributed by atoms with Gasteiger partial charge in [-0.1, -0.05) is 0 Å². The zero-order chi connectivity index (χ0) is 14.9. The van der Waals surface area contributed by atoms with E-state index in [2.05, 4.69) is 15.5 Å². The molecule has 0 saturated heterocycles. The van der Waals surface area contributed by atoms with Crippen LogP contribution in [0.4, 0.5) is 0 Å². The number of aromatic amines is 1. The predicted molar refractivity (Wildman–Crippen MR) is 70.6 cm³/mol. The van der Waals surface area contributed by atoms with Crippen LogP contribution in [0.2, 0.25) is 0 Å². The fraction of sp³-hybridized carbons (Fsp3) is 0.538. The molecule has 0 spiro atoms. The Morgan fingerprint density at radius 2 is 2.05 bits per heavy atom. The summed E-state index contributed by atoms with van der Waals surface area (Å²) in [5, 5.41) is 17.7. The number of carbonyl (C=O) groups is 2. The average molecular weight is 279 g/mol. The Balaban J connectivity index is 2.27. The summed E-state index contributed by atoms with van der Waals surface area (Å²) in [5.41, 5.74) is -0.199. The Labute approximate surface area is 115 Å². The molecule has 0 unspecified atom stereocenters. The zero-order valence-electron chi connectivity index (χ0n) is 11.4. The van der Waals surface area contributed by atoms with Gasteiger partial charge in [0.05, 0.1) is 17.7 Å². The van der Waals surface area contributed by atoms with Crippen LogP contribution in [0.1, 0.15) is 47.3 Å². The molecule has 3 N–H and O–H groups in total. The van der Waals surface area contributed by atoms with Crippen molar-refractivity contribution in [3.8, 4) is 0 Å². The first kappa shape index (κ1) is 14.2. The maximum absolute atomic E-state index is 12.3. The number of nitrogens with one attached hydrogen (secondary N) is 2. The number of carboxylic acids is 1. The van der Waals surface area contributed by atoms with Crippen LogP contribution in [0.3, 0.4) is 0 Å². The van der Waals surface area contributed by atoms with Crippen LogP contribution in [0.15, 0.2) is 4.79 Å². The molecule has 1 fully saturated rings. The first-order chi connectivity index (χ1) is 9.34. The lowest BCUT2D eigenvalue weighted by Gasteiger charge is -2.41. The summed E-state index contributed by atoms with van der Waals surface area (Å²) >= 11 is 0. The van der Waals surface area contributed by atoms with E-state index in [9.17, 15) is 14.4 Å². The van der Waals surface area contributed by atoms with E-state index in [0.29, 0.717) is 24.1 Å². The van der Waals surface area contributed by atoms with Crippen LogP contribution < -0.4 is 10.9 Å². The van der Waals surface area contributed by atoms with Crippen molar-refractivity contribution in [2.24, 2.45) is 0 Å². The average Bonchev–Trinajstić information content (AvgIpc) is 2.31. The number of hydrogen-bond acceptors (Lipinski definition) is 4. The van der Waals surface area contributed by atoms with Crippen LogP contribution in [0.5, 0.6) is 0 Å². The molecule has 2 rings (SSSR count). The van der Waals surface area contributed by atoms with Crippen molar-refractivity contribution in [3.63, 3.8) is 0 Å². The molecule has 1 saturated carbocycles. The van der Waals surface area contributed by atoms with Gasteiger partial charge >= 0.3 is 5.97 Å². The summed E-state index contributed by atoms with van der Waals surface area (Å²) in [6, 6.07) is 0. The molecule has 0 radical (unpaired) electrons. The van der Waals surface area contributed by atoms with Crippen LogP contribution in [0, 0.1) is 13.8 Å². The maximum atomic E-state index is 12.3. The van der Waals surface area contributed by atoms with Crippen molar-refractivity contribution in [3.05, 3.63) is 27.2 Å². The highest BCUT2D eigenvalue weighted by molar-refractivity contribution is 5.96. The highest BCUT2D eigenvalue weighted by atomic mass is 16.4. The van der Waals surface area contributed by atoms with Gasteiger partial charge in [-0.3, -0.25) is 14.4 Å². The third-order valence-electron chi connectivity index (χ3n) is 3.88. The topological polar surface area (TPSA) is 112 Å². The highest BCUT2D eigenvalue weighted by Crippen LogP contribution is 2.35. The number of amides is 1. The maximum Gasteiger partial charge on any atom is 0.305 e. The molecule has 7 heteroatoms. The van der Waals surface area contributed by atoms with E-state index in [0.717, 1.165) is 6.42 Å². The summed E-state index contributed by atoms with van der Waals surface area (Å²) in [4.78, 5) is 34.9. The van der Waals surface area contributed by atoms with Gasteiger partial charge in [0, 0.05) is 0 Å². The van der Waals surface area contributed by atoms with Gasteiger partial charge in [0.15, 0.2) is 0 Å². The van der Waals surface area contributed by atoms with Crippen molar-refractivity contribution in [2.45, 2.75) is 45.1 Å². The van der Waals surface area contributed by atoms with Gasteiger partial charge < -0.3 is 10.4 Å². The van der Waals surface area contributed by atoms with Gasteiger partial charge in [0.25, 0.3) is 11.5 Å². The quantitative estimate of drug-likeness (QED) is 0.743. The number of aliphatic carboxylic acids is 1. The minimum absolute atomic E-state index is 0.00848. The Kier molecular flexibility index (Phi) is 3.61. The highest BCUT2D eigenvalue weighted by Gasteiger charge is 2.41. The molecule has 1 aliphatic rings. The van der Waals surface area contributed by atoms with Crippen molar-refractivity contribution < 1.29 is 14.7 Å². The molecular formula is C13H17N3O4. The number of nitrogens with zero attached hydrogens (tertiary/aromatic N) is 1. The van der Waals surface area contributed by atoms with Crippen molar-refractivity contribution in [1.82, 2.24) is 15.5 Å². The third kappa shape index (κ3) is 2.56. The molecule has 1 heterocycles. The monoisotopic (exact) mass is 279 g/mol. The Morgan fingerprint density at radius 1 is 1.40 bits per heavy atom. The molecule has 0 atom stereocenters. The largest absolute Gasteiger partial charge is 0.481 e. The standard InChI is InChI=1S/C13H17N3O4/c1-7-8(2)15-16-12(20)10(7)11(19)14-13(4-3-5-13)6-9(17)18/h3-6H2,1-2H3,(H,14,19)(H,16,20)(H,17,18). The molecular weight excluding hydrogens is 262 g/mol. The number of H-pyrrole nitrogens is 1. The Morgan fingerprint density at radius 3 is 2.55 bits per heavy atom. The molecule has 7 nitrogen and oxygen atoms in total. The summed E-state index contributed by atoms with van der Waals surface area (Å²) in [6.07, 6.45) is 1.98. The lowest BCUT2D eigenvalue weighted by Crippen LogP contribution is -2.55. The van der Waals surface area contributed by atoms with E-state index in [1.54, 1.807) is 13.8 Å². The van der Waals surface area contributed by atoms with Gasteiger partial charge in [-0.15, -0.1) is 0 Å². The summed E-state index contributed by atoms with van der Waals surface area (Å²) in [5.74, 6) is -1.49. The van der Waals surface area contributed by atoms with Crippen LogP contribution in [-0.4, -0.2) is 32.7 Å². The van der Waals surface area contributed by atoms with Crippen molar-refractivity contribution in [2.75, 3.05) is 0 Å². The number of carbonyl (C=O) groups excluding carboxylic acids is 1. The predicted octanol–water partition coefficient (Wildman–Crippen LogP) is 0.514. The SMILES string of the molecule is Cc1n[nH]c(=O)c(C(=O)NC2(CC(=O)O)CCC2)c1C. The number of rotatable bonds is 4. The zero-order valence-corrected chi connectivity index (χ0v) is 11.4. The molecule has 1 aliphatic carbocycles. The van der Waals surface area contributed by atoms with Crippen LogP contribution in [-0.2, 0) is 4.79 Å². The lowest BCUT2D eigenvalue weighted by molar-refractivity contribution is -0.139. The van der Waals surface area contributed by atoms with E-state index in [1.165, 1.54) is 0 Å². The molecule has 1 aromatic rings.